The summed E-state index contributed by atoms with van der Waals surface area (Å²) in [7, 11) is 0. The number of nitrogens with two attached hydrogens (primary N) is 1. The summed E-state index contributed by atoms with van der Waals surface area (Å²) in [5.41, 5.74) is 8.38. The Hall–Kier alpha value is -1.55. The van der Waals surface area contributed by atoms with Crippen LogP contribution in [0.4, 0.5) is 11.4 Å². The van der Waals surface area contributed by atoms with E-state index in [1.807, 2.05) is 25.1 Å². The SMILES string of the molecule is Cc1ccc(NC(=O)CN2CCCC2C(C)C)cc1N. The maximum Gasteiger partial charge on any atom is 0.238 e. The lowest BCUT2D eigenvalue weighted by Crippen LogP contribution is -2.39. The monoisotopic (exact) mass is 275 g/mol. The zero-order chi connectivity index (χ0) is 14.7. The molecule has 20 heavy (non-hydrogen) atoms. The number of hydrogen-bond acceptors (Lipinski definition) is 3. The molecule has 1 amide bonds. The number of nitrogens with one attached hydrogen (secondary N) is 1. The second-order valence-electron chi connectivity index (χ2n) is 6.04. The molecule has 1 unspecified atom stereocenters. The van der Waals surface area contributed by atoms with Gasteiger partial charge in [0.25, 0.3) is 0 Å². The molecule has 2 rings (SSSR count). The molecule has 0 spiro atoms. The first-order valence-electron chi connectivity index (χ1n) is 7.37. The van der Waals surface area contributed by atoms with Crippen molar-refractivity contribution >= 4 is 17.3 Å². The van der Waals surface area contributed by atoms with Gasteiger partial charge in [-0.25, -0.2) is 0 Å². The second-order valence-corrected chi connectivity index (χ2v) is 6.04. The maximum atomic E-state index is 12.1. The highest BCUT2D eigenvalue weighted by Crippen LogP contribution is 2.23. The highest BCUT2D eigenvalue weighted by molar-refractivity contribution is 5.92. The quantitative estimate of drug-likeness (QED) is 0.831. The van der Waals surface area contributed by atoms with Gasteiger partial charge >= 0.3 is 0 Å². The fourth-order valence-corrected chi connectivity index (χ4v) is 2.91. The predicted molar refractivity (Wildman–Crippen MR) is 83.7 cm³/mol. The summed E-state index contributed by atoms with van der Waals surface area (Å²) in [5.74, 6) is 0.640. The lowest BCUT2D eigenvalue weighted by Gasteiger charge is -2.26. The Labute approximate surface area is 121 Å². The molecule has 1 saturated heterocycles. The normalized spacial score (nSPS) is 19.5. The number of aryl methyl sites for hydroxylation is 1. The third-order valence-corrected chi connectivity index (χ3v) is 4.09. The summed E-state index contributed by atoms with van der Waals surface area (Å²) in [6, 6.07) is 6.17. The number of carbonyl (C=O) groups is 1. The molecule has 0 bridgehead atoms. The van der Waals surface area contributed by atoms with Gasteiger partial charge < -0.3 is 11.1 Å². The summed E-state index contributed by atoms with van der Waals surface area (Å²) >= 11 is 0. The molecule has 110 valence electrons. The Morgan fingerprint density at radius 2 is 2.25 bits per heavy atom. The summed E-state index contributed by atoms with van der Waals surface area (Å²) in [6.45, 7) is 7.89. The molecule has 1 aliphatic rings. The van der Waals surface area contributed by atoms with Crippen molar-refractivity contribution < 1.29 is 4.79 Å². The first-order valence-corrected chi connectivity index (χ1v) is 7.37. The number of amides is 1. The summed E-state index contributed by atoms with van der Waals surface area (Å²) in [5, 5.41) is 2.94. The first kappa shape index (κ1) is 14.9. The second kappa shape index (κ2) is 6.27. The topological polar surface area (TPSA) is 58.4 Å². The van der Waals surface area contributed by atoms with Crippen molar-refractivity contribution in [2.75, 3.05) is 24.1 Å². The van der Waals surface area contributed by atoms with Crippen LogP contribution in [0.3, 0.4) is 0 Å². The van der Waals surface area contributed by atoms with E-state index in [0.717, 1.165) is 17.8 Å². The lowest BCUT2D eigenvalue weighted by molar-refractivity contribution is -0.117. The van der Waals surface area contributed by atoms with Gasteiger partial charge in [0.15, 0.2) is 0 Å². The molecule has 1 aromatic rings. The smallest absolute Gasteiger partial charge is 0.238 e. The van der Waals surface area contributed by atoms with Crippen LogP contribution in [0.1, 0.15) is 32.3 Å². The first-order chi connectivity index (χ1) is 9.47. The van der Waals surface area contributed by atoms with Crippen LogP contribution in [-0.4, -0.2) is 29.9 Å². The molecule has 0 aliphatic carbocycles. The summed E-state index contributed by atoms with van der Waals surface area (Å²) in [4.78, 5) is 14.4. The molecule has 0 aromatic heterocycles. The number of benzene rings is 1. The fourth-order valence-electron chi connectivity index (χ4n) is 2.91. The number of hydrogen-bond donors (Lipinski definition) is 2. The van der Waals surface area contributed by atoms with Crippen molar-refractivity contribution in [1.82, 2.24) is 4.90 Å². The molecule has 3 N–H and O–H groups in total. The van der Waals surface area contributed by atoms with Crippen molar-refractivity contribution in [2.45, 2.75) is 39.7 Å². The van der Waals surface area contributed by atoms with Gasteiger partial charge in [-0.15, -0.1) is 0 Å². The van der Waals surface area contributed by atoms with Crippen LogP contribution in [-0.2, 0) is 4.79 Å². The molecule has 1 fully saturated rings. The van der Waals surface area contributed by atoms with Gasteiger partial charge in [0.05, 0.1) is 6.54 Å². The van der Waals surface area contributed by atoms with Gasteiger partial charge in [-0.2, -0.15) is 0 Å². The third-order valence-electron chi connectivity index (χ3n) is 4.09. The molecule has 1 atom stereocenters. The minimum Gasteiger partial charge on any atom is -0.398 e. The number of nitrogens with zero attached hydrogens (tertiary/aromatic N) is 1. The van der Waals surface area contributed by atoms with E-state index < -0.39 is 0 Å². The van der Waals surface area contributed by atoms with Crippen molar-refractivity contribution in [3.05, 3.63) is 23.8 Å². The molecule has 1 aliphatic heterocycles. The number of anilines is 2. The van der Waals surface area contributed by atoms with Crippen LogP contribution < -0.4 is 11.1 Å². The molecule has 4 heteroatoms. The zero-order valence-corrected chi connectivity index (χ0v) is 12.6. The van der Waals surface area contributed by atoms with Crippen molar-refractivity contribution in [3.63, 3.8) is 0 Å². The van der Waals surface area contributed by atoms with Crippen LogP contribution >= 0.6 is 0 Å². The molecular weight excluding hydrogens is 250 g/mol. The van der Waals surface area contributed by atoms with Gasteiger partial charge in [0.1, 0.15) is 0 Å². The minimum atomic E-state index is 0.0424. The van der Waals surface area contributed by atoms with Gasteiger partial charge in [0.2, 0.25) is 5.91 Å². The van der Waals surface area contributed by atoms with Crippen molar-refractivity contribution in [1.29, 1.82) is 0 Å². The average molecular weight is 275 g/mol. The van der Waals surface area contributed by atoms with Crippen LogP contribution in [0.5, 0.6) is 0 Å². The number of likely N-dealkylation sites (tertiary alicyclic amines) is 1. The molecule has 0 radical (unpaired) electrons. The fraction of sp³-hybridized carbons (Fsp3) is 0.562. The van der Waals surface area contributed by atoms with Gasteiger partial charge in [-0.05, 0) is 49.9 Å². The Morgan fingerprint density at radius 1 is 1.50 bits per heavy atom. The lowest BCUT2D eigenvalue weighted by atomic mass is 10.0. The molecular formula is C16H25N3O. The predicted octanol–water partition coefficient (Wildman–Crippen LogP) is 2.64. The number of rotatable bonds is 4. The van der Waals surface area contributed by atoms with E-state index in [0.29, 0.717) is 24.2 Å². The zero-order valence-electron chi connectivity index (χ0n) is 12.6. The Kier molecular flexibility index (Phi) is 4.65. The van der Waals surface area contributed by atoms with Crippen LogP contribution in [0.15, 0.2) is 18.2 Å². The Balaban J connectivity index is 1.93. The summed E-state index contributed by atoms with van der Waals surface area (Å²) in [6.07, 6.45) is 2.38. The van der Waals surface area contributed by atoms with Gasteiger partial charge in [0, 0.05) is 17.4 Å². The standard InChI is InChI=1S/C16H25N3O/c1-11(2)15-5-4-8-19(15)10-16(20)18-13-7-6-12(3)14(17)9-13/h6-7,9,11,15H,4-5,8,10,17H2,1-3H3,(H,18,20). The van der Waals surface area contributed by atoms with E-state index in [1.54, 1.807) is 0 Å². The Bertz CT molecular complexity index is 485. The van der Waals surface area contributed by atoms with E-state index in [9.17, 15) is 4.79 Å². The van der Waals surface area contributed by atoms with E-state index in [4.69, 9.17) is 5.73 Å². The van der Waals surface area contributed by atoms with E-state index in [1.165, 1.54) is 12.8 Å². The van der Waals surface area contributed by atoms with E-state index in [-0.39, 0.29) is 5.91 Å². The highest BCUT2D eigenvalue weighted by atomic mass is 16.2. The van der Waals surface area contributed by atoms with Crippen molar-refractivity contribution in [3.8, 4) is 0 Å². The van der Waals surface area contributed by atoms with E-state index >= 15 is 0 Å². The minimum absolute atomic E-state index is 0.0424. The number of carbonyl (C=O) groups excluding carboxylic acids is 1. The van der Waals surface area contributed by atoms with Crippen LogP contribution in [0, 0.1) is 12.8 Å². The van der Waals surface area contributed by atoms with Gasteiger partial charge in [-0.1, -0.05) is 19.9 Å². The number of nitrogen functional groups attached to an aromatic ring is 1. The van der Waals surface area contributed by atoms with E-state index in [2.05, 4.69) is 24.1 Å². The van der Waals surface area contributed by atoms with Crippen LogP contribution in [0.2, 0.25) is 0 Å². The maximum absolute atomic E-state index is 12.1. The van der Waals surface area contributed by atoms with Crippen molar-refractivity contribution in [2.24, 2.45) is 5.92 Å². The molecule has 1 aromatic carbocycles. The van der Waals surface area contributed by atoms with Gasteiger partial charge in [-0.3, -0.25) is 9.69 Å². The largest absolute Gasteiger partial charge is 0.398 e. The van der Waals surface area contributed by atoms with Crippen LogP contribution in [0.25, 0.3) is 0 Å². The molecule has 1 heterocycles. The average Bonchev–Trinajstić information content (AvgIpc) is 2.82. The molecule has 4 nitrogen and oxygen atoms in total. The molecule has 0 saturated carbocycles. The Morgan fingerprint density at radius 3 is 2.90 bits per heavy atom. The third kappa shape index (κ3) is 3.51. The highest BCUT2D eigenvalue weighted by Gasteiger charge is 2.28. The summed E-state index contributed by atoms with van der Waals surface area (Å²) < 4.78 is 0.